The zero-order chi connectivity index (χ0) is 16.9. The van der Waals surface area contributed by atoms with Gasteiger partial charge in [0.25, 0.3) is 5.91 Å². The molecule has 1 aliphatic heterocycles. The first-order chi connectivity index (χ1) is 11.7. The average molecular weight is 329 g/mol. The van der Waals surface area contributed by atoms with E-state index in [1.54, 1.807) is 17.0 Å². The molecular formula is C16H16FN5O2. The molecule has 1 aromatic heterocycles. The van der Waals surface area contributed by atoms with Gasteiger partial charge in [-0.2, -0.15) is 0 Å². The van der Waals surface area contributed by atoms with Crippen molar-refractivity contribution in [3.63, 3.8) is 0 Å². The molecule has 3 rings (SSSR count). The van der Waals surface area contributed by atoms with Crippen molar-refractivity contribution in [1.29, 1.82) is 0 Å². The van der Waals surface area contributed by atoms with Crippen molar-refractivity contribution in [2.45, 2.75) is 0 Å². The Labute approximate surface area is 138 Å². The molecule has 0 spiro atoms. The molecule has 1 aliphatic rings. The highest BCUT2D eigenvalue weighted by atomic mass is 19.1. The minimum atomic E-state index is -0.474. The monoisotopic (exact) mass is 329 g/mol. The van der Waals surface area contributed by atoms with Gasteiger partial charge in [0.15, 0.2) is 11.6 Å². The number of hydrogen-bond acceptors (Lipinski definition) is 5. The summed E-state index contributed by atoms with van der Waals surface area (Å²) in [6.45, 7) is 2.65. The predicted octanol–water partition coefficient (Wildman–Crippen LogP) is 1.15. The first-order valence-electron chi connectivity index (χ1n) is 7.50. The number of halogens is 1. The van der Waals surface area contributed by atoms with Gasteiger partial charge in [0, 0.05) is 31.7 Å². The summed E-state index contributed by atoms with van der Waals surface area (Å²) in [6, 6.07) is 8.82. The highest BCUT2D eigenvalue weighted by Crippen LogP contribution is 2.14. The minimum Gasteiger partial charge on any atom is -0.352 e. The molecule has 0 atom stereocenters. The van der Waals surface area contributed by atoms with Crippen LogP contribution in [0.15, 0.2) is 36.4 Å². The third-order valence-corrected chi connectivity index (χ3v) is 3.77. The molecule has 124 valence electrons. The van der Waals surface area contributed by atoms with Gasteiger partial charge in [-0.15, -0.1) is 10.2 Å². The van der Waals surface area contributed by atoms with E-state index in [4.69, 9.17) is 0 Å². The Morgan fingerprint density at radius 3 is 2.54 bits per heavy atom. The van der Waals surface area contributed by atoms with E-state index < -0.39 is 11.7 Å². The Morgan fingerprint density at radius 1 is 1.12 bits per heavy atom. The van der Waals surface area contributed by atoms with Crippen LogP contribution in [-0.2, 0) is 4.79 Å². The van der Waals surface area contributed by atoms with Crippen molar-refractivity contribution in [3.05, 3.63) is 47.8 Å². The second-order valence-electron chi connectivity index (χ2n) is 5.37. The maximum atomic E-state index is 13.1. The second-order valence-corrected chi connectivity index (χ2v) is 5.37. The van der Waals surface area contributed by atoms with Gasteiger partial charge in [0.1, 0.15) is 5.82 Å². The highest BCUT2D eigenvalue weighted by molar-refractivity contribution is 6.03. The quantitative estimate of drug-likeness (QED) is 0.851. The standard InChI is InChI=1S/C16H16FN5O2/c17-13-3-1-2-12(10-13)16(24)18-14-4-5-15(20-19-14)22-8-6-21(11-23)7-9-22/h1-5,10-11H,6-9H2,(H,18,19,24). The third-order valence-electron chi connectivity index (χ3n) is 3.77. The number of amides is 2. The number of nitrogens with zero attached hydrogens (tertiary/aromatic N) is 4. The van der Waals surface area contributed by atoms with Crippen LogP contribution in [0.3, 0.4) is 0 Å². The van der Waals surface area contributed by atoms with Crippen molar-refractivity contribution >= 4 is 24.0 Å². The molecule has 0 radical (unpaired) electrons. The Morgan fingerprint density at radius 2 is 1.92 bits per heavy atom. The van der Waals surface area contributed by atoms with Gasteiger partial charge in [-0.1, -0.05) is 6.07 Å². The van der Waals surface area contributed by atoms with Crippen LogP contribution >= 0.6 is 0 Å². The lowest BCUT2D eigenvalue weighted by Crippen LogP contribution is -2.46. The summed E-state index contributed by atoms with van der Waals surface area (Å²) in [5.74, 6) is 0.0542. The van der Waals surface area contributed by atoms with E-state index in [2.05, 4.69) is 15.5 Å². The fourth-order valence-corrected chi connectivity index (χ4v) is 2.44. The van der Waals surface area contributed by atoms with Crippen molar-refractivity contribution in [3.8, 4) is 0 Å². The lowest BCUT2D eigenvalue weighted by molar-refractivity contribution is -0.118. The largest absolute Gasteiger partial charge is 0.352 e. The molecule has 0 saturated carbocycles. The van der Waals surface area contributed by atoms with E-state index in [1.807, 2.05) is 4.90 Å². The molecule has 2 aromatic rings. The number of anilines is 2. The summed E-state index contributed by atoms with van der Waals surface area (Å²) < 4.78 is 13.1. The molecule has 8 heteroatoms. The number of piperazine rings is 1. The van der Waals surface area contributed by atoms with Gasteiger partial charge in [-0.25, -0.2) is 4.39 Å². The number of benzene rings is 1. The van der Waals surface area contributed by atoms with Crippen molar-refractivity contribution < 1.29 is 14.0 Å². The number of carbonyl (C=O) groups excluding carboxylic acids is 2. The van der Waals surface area contributed by atoms with E-state index in [0.29, 0.717) is 37.8 Å². The minimum absolute atomic E-state index is 0.214. The van der Waals surface area contributed by atoms with Crippen molar-refractivity contribution in [1.82, 2.24) is 15.1 Å². The van der Waals surface area contributed by atoms with E-state index in [1.165, 1.54) is 18.2 Å². The lowest BCUT2D eigenvalue weighted by Gasteiger charge is -2.32. The molecule has 0 unspecified atom stereocenters. The van der Waals surface area contributed by atoms with Gasteiger partial charge >= 0.3 is 0 Å². The van der Waals surface area contributed by atoms with E-state index in [0.717, 1.165) is 12.5 Å². The summed E-state index contributed by atoms with van der Waals surface area (Å²) >= 11 is 0. The Kier molecular flexibility index (Phi) is 4.64. The summed E-state index contributed by atoms with van der Waals surface area (Å²) in [5.41, 5.74) is 0.214. The molecule has 1 N–H and O–H groups in total. The van der Waals surface area contributed by atoms with Crippen LogP contribution in [-0.4, -0.2) is 53.6 Å². The summed E-state index contributed by atoms with van der Waals surface area (Å²) in [7, 11) is 0. The highest BCUT2D eigenvalue weighted by Gasteiger charge is 2.17. The van der Waals surface area contributed by atoms with Crippen LogP contribution in [0, 0.1) is 5.82 Å². The first-order valence-corrected chi connectivity index (χ1v) is 7.50. The molecule has 0 bridgehead atoms. The fourth-order valence-electron chi connectivity index (χ4n) is 2.44. The fraction of sp³-hybridized carbons (Fsp3) is 0.250. The van der Waals surface area contributed by atoms with Gasteiger partial charge in [-0.3, -0.25) is 9.59 Å². The second kappa shape index (κ2) is 7.03. The van der Waals surface area contributed by atoms with Crippen LogP contribution < -0.4 is 10.2 Å². The molecule has 2 amide bonds. The Bertz CT molecular complexity index is 730. The number of rotatable bonds is 4. The first kappa shape index (κ1) is 15.9. The SMILES string of the molecule is O=CN1CCN(c2ccc(NC(=O)c3cccc(F)c3)nn2)CC1. The number of hydrogen-bond donors (Lipinski definition) is 1. The van der Waals surface area contributed by atoms with E-state index in [9.17, 15) is 14.0 Å². The third kappa shape index (κ3) is 3.65. The van der Waals surface area contributed by atoms with Gasteiger partial charge in [0.05, 0.1) is 0 Å². The maximum absolute atomic E-state index is 13.1. The van der Waals surface area contributed by atoms with Crippen LogP contribution in [0.5, 0.6) is 0 Å². The zero-order valence-electron chi connectivity index (χ0n) is 12.9. The topological polar surface area (TPSA) is 78.4 Å². The van der Waals surface area contributed by atoms with Gasteiger partial charge in [-0.05, 0) is 30.3 Å². The summed E-state index contributed by atoms with van der Waals surface area (Å²) in [6.07, 6.45) is 0.841. The van der Waals surface area contributed by atoms with Gasteiger partial charge in [0.2, 0.25) is 6.41 Å². The molecule has 24 heavy (non-hydrogen) atoms. The Hall–Kier alpha value is -3.03. The van der Waals surface area contributed by atoms with E-state index in [-0.39, 0.29) is 5.56 Å². The normalized spacial score (nSPS) is 14.4. The van der Waals surface area contributed by atoms with Crippen LogP contribution in [0.4, 0.5) is 16.0 Å². The molecule has 1 fully saturated rings. The molecule has 7 nitrogen and oxygen atoms in total. The summed E-state index contributed by atoms with van der Waals surface area (Å²) in [5, 5.41) is 10.7. The predicted molar refractivity (Wildman–Crippen MR) is 86.2 cm³/mol. The number of carbonyl (C=O) groups is 2. The van der Waals surface area contributed by atoms with E-state index >= 15 is 0 Å². The van der Waals surface area contributed by atoms with Crippen molar-refractivity contribution in [2.24, 2.45) is 0 Å². The van der Waals surface area contributed by atoms with Gasteiger partial charge < -0.3 is 15.1 Å². The number of nitrogens with one attached hydrogen (secondary N) is 1. The van der Waals surface area contributed by atoms with Crippen LogP contribution in [0.25, 0.3) is 0 Å². The molecule has 1 aromatic carbocycles. The molecule has 1 saturated heterocycles. The maximum Gasteiger partial charge on any atom is 0.256 e. The van der Waals surface area contributed by atoms with Crippen LogP contribution in [0.2, 0.25) is 0 Å². The Balaban J connectivity index is 1.62. The summed E-state index contributed by atoms with van der Waals surface area (Å²) in [4.78, 5) is 26.5. The zero-order valence-corrected chi connectivity index (χ0v) is 12.9. The molecule has 2 heterocycles. The molecular weight excluding hydrogens is 313 g/mol. The lowest BCUT2D eigenvalue weighted by atomic mass is 10.2. The van der Waals surface area contributed by atoms with Crippen LogP contribution in [0.1, 0.15) is 10.4 Å². The van der Waals surface area contributed by atoms with Crippen molar-refractivity contribution in [2.75, 3.05) is 36.4 Å². The number of aromatic nitrogens is 2. The molecule has 0 aliphatic carbocycles. The smallest absolute Gasteiger partial charge is 0.256 e. The average Bonchev–Trinajstić information content (AvgIpc) is 2.62.